The van der Waals surface area contributed by atoms with Crippen LogP contribution in [0.3, 0.4) is 0 Å². The lowest BCUT2D eigenvalue weighted by molar-refractivity contribution is -0.115. The van der Waals surface area contributed by atoms with E-state index in [1.165, 1.54) is 24.6 Å². The molecule has 5 nitrogen and oxygen atoms in total. The number of nitrogens with zero attached hydrogens (tertiary/aromatic N) is 2. The zero-order chi connectivity index (χ0) is 15.5. The first kappa shape index (κ1) is 15.4. The molecule has 3 rings (SSSR count). The smallest absolute Gasteiger partial charge is 0.237 e. The van der Waals surface area contributed by atoms with E-state index in [0.717, 1.165) is 16.4 Å². The normalized spacial score (nSPS) is 15.5. The highest BCUT2D eigenvalue weighted by atomic mass is 32.2. The fourth-order valence-corrected chi connectivity index (χ4v) is 3.33. The number of H-pyrrole nitrogens is 1. The Kier molecular flexibility index (Phi) is 4.73. The Bertz CT molecular complexity index is 669. The molecule has 1 aromatic carbocycles. The summed E-state index contributed by atoms with van der Waals surface area (Å²) in [7, 11) is 0. The summed E-state index contributed by atoms with van der Waals surface area (Å²) in [6.45, 7) is 1.87. The van der Waals surface area contributed by atoms with Crippen LogP contribution in [0.4, 0.5) is 5.69 Å². The maximum absolute atomic E-state index is 12.3. The van der Waals surface area contributed by atoms with E-state index < -0.39 is 0 Å². The van der Waals surface area contributed by atoms with Gasteiger partial charge in [0.1, 0.15) is 5.82 Å². The number of carbonyl (C=O) groups is 1. The highest BCUT2D eigenvalue weighted by Crippen LogP contribution is 2.38. The molecule has 1 aliphatic rings. The second-order valence-electron chi connectivity index (χ2n) is 5.23. The summed E-state index contributed by atoms with van der Waals surface area (Å²) in [5, 5.41) is 10.5. The van der Waals surface area contributed by atoms with Crippen LogP contribution in [0.2, 0.25) is 0 Å². The van der Waals surface area contributed by atoms with Gasteiger partial charge in [0.05, 0.1) is 10.9 Å². The van der Waals surface area contributed by atoms with E-state index in [0.29, 0.717) is 11.1 Å². The molecule has 1 heterocycles. The van der Waals surface area contributed by atoms with Crippen LogP contribution in [-0.4, -0.2) is 32.6 Å². The summed E-state index contributed by atoms with van der Waals surface area (Å²) in [5.74, 6) is 1.45. The van der Waals surface area contributed by atoms with E-state index in [4.69, 9.17) is 0 Å². The van der Waals surface area contributed by atoms with E-state index in [2.05, 4.69) is 20.5 Å². The highest BCUT2D eigenvalue weighted by Gasteiger charge is 2.28. The number of aromatic nitrogens is 3. The summed E-state index contributed by atoms with van der Waals surface area (Å²) >= 11 is 2.99. The van der Waals surface area contributed by atoms with Gasteiger partial charge in [0, 0.05) is 10.8 Å². The van der Waals surface area contributed by atoms with E-state index in [1.54, 1.807) is 11.8 Å². The Hall–Kier alpha value is -1.47. The molecule has 2 N–H and O–H groups in total. The summed E-state index contributed by atoms with van der Waals surface area (Å²) < 4.78 is 0. The summed E-state index contributed by atoms with van der Waals surface area (Å²) in [4.78, 5) is 17.8. The van der Waals surface area contributed by atoms with Crippen LogP contribution in [0, 0.1) is 0 Å². The molecule has 1 atom stereocenters. The molecule has 0 bridgehead atoms. The lowest BCUT2D eigenvalue weighted by Crippen LogP contribution is -2.22. The van der Waals surface area contributed by atoms with Crippen LogP contribution in [0.1, 0.15) is 31.5 Å². The molecule has 2 aromatic rings. The number of hydrogen-bond donors (Lipinski definition) is 2. The topological polar surface area (TPSA) is 70.7 Å². The molecule has 1 aliphatic carbocycles. The second-order valence-corrected chi connectivity index (χ2v) is 7.38. The quantitative estimate of drug-likeness (QED) is 0.791. The Labute approximate surface area is 138 Å². The van der Waals surface area contributed by atoms with Gasteiger partial charge >= 0.3 is 0 Å². The van der Waals surface area contributed by atoms with Crippen molar-refractivity contribution in [1.82, 2.24) is 15.2 Å². The van der Waals surface area contributed by atoms with E-state index in [1.807, 2.05) is 37.4 Å². The monoisotopic (exact) mass is 334 g/mol. The van der Waals surface area contributed by atoms with Crippen molar-refractivity contribution >= 4 is 35.1 Å². The van der Waals surface area contributed by atoms with Gasteiger partial charge in [-0.05, 0) is 38.2 Å². The number of amides is 1. The minimum atomic E-state index is -0.252. The molecular formula is C15H18N4OS2. The summed E-state index contributed by atoms with van der Waals surface area (Å²) in [6.07, 6.45) is 4.36. The van der Waals surface area contributed by atoms with Gasteiger partial charge in [0.2, 0.25) is 11.1 Å². The van der Waals surface area contributed by atoms with Crippen LogP contribution in [-0.2, 0) is 4.79 Å². The fourth-order valence-electron chi connectivity index (χ4n) is 2.04. The van der Waals surface area contributed by atoms with Gasteiger partial charge in [0.25, 0.3) is 0 Å². The first-order valence-corrected chi connectivity index (χ1v) is 9.30. The van der Waals surface area contributed by atoms with Crippen molar-refractivity contribution in [3.8, 4) is 0 Å². The number of thioether (sulfide) groups is 2. The van der Waals surface area contributed by atoms with E-state index in [-0.39, 0.29) is 11.2 Å². The molecular weight excluding hydrogens is 316 g/mol. The van der Waals surface area contributed by atoms with Gasteiger partial charge < -0.3 is 5.32 Å². The summed E-state index contributed by atoms with van der Waals surface area (Å²) in [6, 6.07) is 7.80. The standard InChI is InChI=1S/C15H18N4OS2/c1-9(22-15-17-13(18-19-15)10-7-8-10)14(20)16-11-5-3-4-6-12(11)21-2/h3-6,9-10H,7-8H2,1-2H3,(H,16,20)(H,17,18,19). The molecule has 1 aromatic heterocycles. The molecule has 1 saturated carbocycles. The predicted molar refractivity (Wildman–Crippen MR) is 90.5 cm³/mol. The first-order valence-electron chi connectivity index (χ1n) is 7.20. The third kappa shape index (κ3) is 3.64. The molecule has 22 heavy (non-hydrogen) atoms. The SMILES string of the molecule is CSc1ccccc1NC(=O)C(C)Sc1n[nH]c(C2CC2)n1. The van der Waals surface area contributed by atoms with Crippen molar-refractivity contribution in [1.29, 1.82) is 0 Å². The van der Waals surface area contributed by atoms with Crippen LogP contribution < -0.4 is 5.32 Å². The average molecular weight is 334 g/mol. The van der Waals surface area contributed by atoms with Crippen LogP contribution in [0.25, 0.3) is 0 Å². The van der Waals surface area contributed by atoms with Gasteiger partial charge in [-0.15, -0.1) is 16.9 Å². The highest BCUT2D eigenvalue weighted by molar-refractivity contribution is 8.00. The first-order chi connectivity index (χ1) is 10.7. The molecule has 1 amide bonds. The number of anilines is 1. The molecule has 116 valence electrons. The molecule has 7 heteroatoms. The third-order valence-electron chi connectivity index (χ3n) is 3.46. The summed E-state index contributed by atoms with van der Waals surface area (Å²) in [5.41, 5.74) is 0.848. The Balaban J connectivity index is 1.61. The number of rotatable bonds is 6. The number of para-hydroxylation sites is 1. The zero-order valence-corrected chi connectivity index (χ0v) is 14.1. The Morgan fingerprint density at radius 2 is 2.18 bits per heavy atom. The van der Waals surface area contributed by atoms with Crippen LogP contribution in [0.5, 0.6) is 0 Å². The van der Waals surface area contributed by atoms with Gasteiger partial charge in [-0.3, -0.25) is 9.89 Å². The maximum atomic E-state index is 12.3. The van der Waals surface area contributed by atoms with Gasteiger partial charge in [-0.1, -0.05) is 23.9 Å². The van der Waals surface area contributed by atoms with Crippen molar-refractivity contribution < 1.29 is 4.79 Å². The Morgan fingerprint density at radius 3 is 2.91 bits per heavy atom. The molecule has 0 radical (unpaired) electrons. The van der Waals surface area contributed by atoms with Gasteiger partial charge in [-0.25, -0.2) is 4.98 Å². The minimum absolute atomic E-state index is 0.0377. The van der Waals surface area contributed by atoms with Crippen molar-refractivity contribution in [2.45, 2.75) is 41.0 Å². The van der Waals surface area contributed by atoms with Gasteiger partial charge in [0.15, 0.2) is 0 Å². The van der Waals surface area contributed by atoms with Crippen molar-refractivity contribution in [3.63, 3.8) is 0 Å². The number of carbonyl (C=O) groups excluding carboxylic acids is 1. The predicted octanol–water partition coefficient (Wildman–Crippen LogP) is 3.52. The molecule has 1 unspecified atom stereocenters. The fraction of sp³-hybridized carbons (Fsp3) is 0.400. The van der Waals surface area contributed by atoms with Crippen molar-refractivity contribution in [3.05, 3.63) is 30.1 Å². The molecule has 1 fully saturated rings. The molecule has 0 saturated heterocycles. The van der Waals surface area contributed by atoms with Crippen molar-refractivity contribution in [2.24, 2.45) is 0 Å². The minimum Gasteiger partial charge on any atom is -0.324 e. The second kappa shape index (κ2) is 6.75. The molecule has 0 spiro atoms. The van der Waals surface area contributed by atoms with Gasteiger partial charge in [-0.2, -0.15) is 0 Å². The number of aromatic amines is 1. The number of hydrogen-bond acceptors (Lipinski definition) is 5. The van der Waals surface area contributed by atoms with E-state index >= 15 is 0 Å². The van der Waals surface area contributed by atoms with E-state index in [9.17, 15) is 4.79 Å². The van der Waals surface area contributed by atoms with Crippen LogP contribution >= 0.6 is 23.5 Å². The molecule has 0 aliphatic heterocycles. The third-order valence-corrected chi connectivity index (χ3v) is 5.22. The number of nitrogens with one attached hydrogen (secondary N) is 2. The Morgan fingerprint density at radius 1 is 1.41 bits per heavy atom. The number of benzene rings is 1. The lowest BCUT2D eigenvalue weighted by atomic mass is 10.3. The lowest BCUT2D eigenvalue weighted by Gasteiger charge is -2.12. The largest absolute Gasteiger partial charge is 0.324 e. The zero-order valence-electron chi connectivity index (χ0n) is 12.5. The van der Waals surface area contributed by atoms with Crippen molar-refractivity contribution in [2.75, 3.05) is 11.6 Å². The average Bonchev–Trinajstić information content (AvgIpc) is 3.28. The van der Waals surface area contributed by atoms with Crippen LogP contribution in [0.15, 0.2) is 34.3 Å². The maximum Gasteiger partial charge on any atom is 0.237 e.